The monoisotopic (exact) mass is 856 g/mol. The second-order valence-electron chi connectivity index (χ2n) is 14.7. The van der Waals surface area contributed by atoms with Crippen LogP contribution in [0, 0.1) is 13.8 Å². The molecule has 4 heterocycles. The molecule has 2 aliphatic rings. The third-order valence-electron chi connectivity index (χ3n) is 9.11. The zero-order chi connectivity index (χ0) is 42.6. The van der Waals surface area contributed by atoms with Gasteiger partial charge in [-0.1, -0.05) is 25.0 Å². The summed E-state index contributed by atoms with van der Waals surface area (Å²) >= 11 is 3.29. The summed E-state index contributed by atoms with van der Waals surface area (Å²) in [6.07, 6.45) is 6.17. The normalized spacial score (nSPS) is 15.6. The van der Waals surface area contributed by atoms with Crippen molar-refractivity contribution in [1.29, 1.82) is 0 Å². The minimum absolute atomic E-state index is 0.231. The first-order chi connectivity index (χ1) is 25.9. The van der Waals surface area contributed by atoms with Crippen molar-refractivity contribution in [3.05, 3.63) is 53.9 Å². The smallest absolute Gasteiger partial charge is 0.465 e. The van der Waals surface area contributed by atoms with E-state index >= 15 is 0 Å². The fourth-order valence-corrected chi connectivity index (χ4v) is 9.34. The Kier molecular flexibility index (Phi) is 18.8. The maximum Gasteiger partial charge on any atom is 0.523 e. The molecule has 318 valence electrons. The van der Waals surface area contributed by atoms with Gasteiger partial charge in [-0.3, -0.25) is 9.08 Å². The Balaban J connectivity index is 0.000000304. The molecule has 0 spiro atoms. The van der Waals surface area contributed by atoms with E-state index in [0.717, 1.165) is 89.7 Å². The molecule has 0 bridgehead atoms. The van der Waals surface area contributed by atoms with Gasteiger partial charge < -0.3 is 14.8 Å². The van der Waals surface area contributed by atoms with Gasteiger partial charge in [-0.2, -0.15) is 21.6 Å². The third-order valence-corrected chi connectivity index (χ3v) is 12.4. The van der Waals surface area contributed by atoms with E-state index in [4.69, 9.17) is 9.47 Å². The number of nitrogens with zero attached hydrogens (tertiary/aromatic N) is 1. The van der Waals surface area contributed by atoms with Crippen molar-refractivity contribution < 1.29 is 53.6 Å². The first-order valence-electron chi connectivity index (χ1n) is 18.4. The highest BCUT2D eigenvalue weighted by Gasteiger charge is 2.48. The van der Waals surface area contributed by atoms with E-state index < -0.39 is 33.6 Å². The number of allylic oxidation sites excluding steroid dienone is 2. The molecule has 2 aromatic heterocycles. The molecule has 2 aliphatic heterocycles. The van der Waals surface area contributed by atoms with Crippen LogP contribution in [0.1, 0.15) is 122 Å². The summed E-state index contributed by atoms with van der Waals surface area (Å²) in [6, 6.07) is 0. The number of ether oxygens (including phenoxy) is 2. The van der Waals surface area contributed by atoms with Crippen molar-refractivity contribution in [3.63, 3.8) is 0 Å². The largest absolute Gasteiger partial charge is 0.523 e. The Labute approximate surface area is 336 Å². The number of carbonyl (C=O) groups excluding carboxylic acids is 2. The average Bonchev–Trinajstić information content (AvgIpc) is 3.69. The summed E-state index contributed by atoms with van der Waals surface area (Å²) in [6.45, 7) is 16.7. The van der Waals surface area contributed by atoms with Crippen molar-refractivity contribution in [1.82, 2.24) is 10.2 Å². The zero-order valence-electron chi connectivity index (χ0n) is 34.1. The van der Waals surface area contributed by atoms with Crippen LogP contribution in [-0.4, -0.2) is 95.7 Å². The molecule has 1 N–H and O–H groups in total. The van der Waals surface area contributed by atoms with Crippen LogP contribution in [0.5, 0.6) is 0 Å². The summed E-state index contributed by atoms with van der Waals surface area (Å²) < 4.78 is 94.6. The van der Waals surface area contributed by atoms with Crippen molar-refractivity contribution >= 4 is 55.9 Å². The second-order valence-corrected chi connectivity index (χ2v) is 18.1. The van der Waals surface area contributed by atoms with Crippen LogP contribution in [0.3, 0.4) is 0 Å². The molecule has 2 aromatic rings. The predicted molar refractivity (Wildman–Crippen MR) is 214 cm³/mol. The number of carbonyl (C=O) groups is 2. The molecule has 2 fully saturated rings. The molecule has 2 saturated heterocycles. The predicted octanol–water partition coefficient (Wildman–Crippen LogP) is 9.84. The van der Waals surface area contributed by atoms with Crippen LogP contribution in [0.25, 0.3) is 11.1 Å². The SMILES string of the molecule is CC(C)(F)COS(=O)(=O)C(F)(F)F.CCC(=C1CCN(CC(C)(C)F)CC1)c1scc(C(=O)OC)c1C.CCC(=C1CCNCC1)c1scc(C(=O)OC)c1C. The molecule has 9 nitrogen and oxygen atoms in total. The molecule has 56 heavy (non-hydrogen) atoms. The highest BCUT2D eigenvalue weighted by Crippen LogP contribution is 2.37. The third kappa shape index (κ3) is 14.6. The summed E-state index contributed by atoms with van der Waals surface area (Å²) in [4.78, 5) is 28.2. The van der Waals surface area contributed by atoms with Gasteiger partial charge in [0, 0.05) is 40.1 Å². The topological polar surface area (TPSA) is 111 Å². The van der Waals surface area contributed by atoms with E-state index in [1.807, 2.05) is 24.6 Å². The van der Waals surface area contributed by atoms with Gasteiger partial charge in [0.05, 0.1) is 25.3 Å². The molecule has 4 rings (SSSR count). The Morgan fingerprint density at radius 3 is 1.50 bits per heavy atom. The number of esters is 2. The van der Waals surface area contributed by atoms with Gasteiger partial charge in [0.15, 0.2) is 0 Å². The van der Waals surface area contributed by atoms with E-state index in [1.54, 1.807) is 42.1 Å². The molecule has 0 aliphatic carbocycles. The summed E-state index contributed by atoms with van der Waals surface area (Å²) in [5.41, 5.74) is 0.470. The fourth-order valence-electron chi connectivity index (χ4n) is 6.32. The van der Waals surface area contributed by atoms with E-state index in [0.29, 0.717) is 17.7 Å². The molecule has 0 unspecified atom stereocenters. The first kappa shape index (κ1) is 49.4. The van der Waals surface area contributed by atoms with Gasteiger partial charge in [0.1, 0.15) is 17.9 Å². The number of hydrogen-bond donors (Lipinski definition) is 1. The van der Waals surface area contributed by atoms with Crippen molar-refractivity contribution in [2.24, 2.45) is 0 Å². The van der Waals surface area contributed by atoms with Crippen LogP contribution in [0.15, 0.2) is 21.9 Å². The van der Waals surface area contributed by atoms with Crippen molar-refractivity contribution in [2.75, 3.05) is 53.6 Å². The Morgan fingerprint density at radius 1 is 0.750 bits per heavy atom. The summed E-state index contributed by atoms with van der Waals surface area (Å²) in [7, 11) is -2.82. The van der Waals surface area contributed by atoms with Crippen LogP contribution >= 0.6 is 22.7 Å². The molecule has 0 radical (unpaired) electrons. The van der Waals surface area contributed by atoms with Gasteiger partial charge in [-0.05, 0) is 115 Å². The number of rotatable bonds is 11. The van der Waals surface area contributed by atoms with Crippen LogP contribution in [-0.2, 0) is 23.8 Å². The van der Waals surface area contributed by atoms with Crippen LogP contribution in [0.2, 0.25) is 0 Å². The zero-order valence-corrected chi connectivity index (χ0v) is 36.5. The minimum atomic E-state index is -5.67. The summed E-state index contributed by atoms with van der Waals surface area (Å²) in [5, 5.41) is 7.21. The molecular formula is C39H57F5N2O7S3. The molecule has 0 aromatic carbocycles. The quantitative estimate of drug-likeness (QED) is 0.102. The molecular weight excluding hydrogens is 800 g/mol. The van der Waals surface area contributed by atoms with Crippen LogP contribution in [0.4, 0.5) is 22.0 Å². The number of hydrogen-bond acceptors (Lipinski definition) is 11. The first-order valence-corrected chi connectivity index (χ1v) is 21.6. The lowest BCUT2D eigenvalue weighted by Crippen LogP contribution is -2.39. The highest BCUT2D eigenvalue weighted by molar-refractivity contribution is 7.87. The fraction of sp³-hybridized carbons (Fsp3) is 0.641. The maximum atomic E-state index is 13.8. The van der Waals surface area contributed by atoms with E-state index in [1.165, 1.54) is 40.7 Å². The molecule has 17 heteroatoms. The molecule has 0 saturated carbocycles. The number of nitrogens with one attached hydrogen (secondary N) is 1. The van der Waals surface area contributed by atoms with Gasteiger partial charge >= 0.3 is 27.6 Å². The second kappa shape index (κ2) is 21.3. The van der Waals surface area contributed by atoms with E-state index in [-0.39, 0.29) is 11.9 Å². The number of methoxy groups -OCH3 is 2. The van der Waals surface area contributed by atoms with Gasteiger partial charge in [-0.25, -0.2) is 18.4 Å². The lowest BCUT2D eigenvalue weighted by atomic mass is 9.93. The lowest BCUT2D eigenvalue weighted by Gasteiger charge is -2.32. The van der Waals surface area contributed by atoms with Gasteiger partial charge in [0.2, 0.25) is 0 Å². The van der Waals surface area contributed by atoms with Gasteiger partial charge in [0.25, 0.3) is 0 Å². The number of halogens is 5. The Bertz CT molecular complexity index is 1780. The molecule has 0 atom stereocenters. The minimum Gasteiger partial charge on any atom is -0.465 e. The van der Waals surface area contributed by atoms with E-state index in [2.05, 4.69) is 28.2 Å². The standard InChI is InChI=1S/C19H28FNO2S.C15H21NO2S.C5H8F4O3S/c1-6-15(17-13(2)16(11-24-17)18(22)23-5)14-7-9-21(10-8-14)12-19(3,4)20;1-4-12(11-5-7-16-8-6-11)14-10(2)13(9-19-14)15(17)18-3;1-4(2,6)3-12-13(10,11)5(7,8)9/h11H,6-10,12H2,1-5H3;9,16H,4-8H2,1-3H3;3H2,1-2H3. The van der Waals surface area contributed by atoms with Crippen molar-refractivity contribution in [3.8, 4) is 0 Å². The Hall–Kier alpha value is -2.70. The maximum absolute atomic E-state index is 13.8. The number of alkyl halides is 5. The number of thiophene rings is 2. The molecule has 0 amide bonds. The lowest BCUT2D eigenvalue weighted by molar-refractivity contribution is -0.0567. The number of likely N-dealkylation sites (tertiary alicyclic amines) is 1. The van der Waals surface area contributed by atoms with E-state index in [9.17, 15) is 40.0 Å². The van der Waals surface area contributed by atoms with Crippen molar-refractivity contribution in [2.45, 2.75) is 111 Å². The summed E-state index contributed by atoms with van der Waals surface area (Å²) in [5.74, 6) is -0.499. The van der Waals surface area contributed by atoms with Crippen LogP contribution < -0.4 is 5.32 Å². The van der Waals surface area contributed by atoms with Gasteiger partial charge in [-0.15, -0.1) is 22.7 Å². The highest BCUT2D eigenvalue weighted by atomic mass is 32.2. The Morgan fingerprint density at radius 2 is 1.16 bits per heavy atom. The average molecular weight is 857 g/mol. The number of piperidine rings is 2.